The lowest BCUT2D eigenvalue weighted by Gasteiger charge is -2.17. The van der Waals surface area contributed by atoms with E-state index in [0.29, 0.717) is 5.92 Å². The van der Waals surface area contributed by atoms with E-state index < -0.39 is 0 Å². The van der Waals surface area contributed by atoms with E-state index in [1.807, 2.05) is 0 Å². The third kappa shape index (κ3) is 8.26. The molecule has 0 aromatic heterocycles. The van der Waals surface area contributed by atoms with Crippen LogP contribution < -0.4 is 10.6 Å². The second kappa shape index (κ2) is 10.8. The molecule has 0 atom stereocenters. The van der Waals surface area contributed by atoms with E-state index in [1.165, 1.54) is 11.1 Å². The molecular formula is C16H29IN4. The van der Waals surface area contributed by atoms with Gasteiger partial charge in [0.1, 0.15) is 0 Å². The standard InChI is InChI=1S/C16H28N4.HI/c1-13(2)10-18-16(17-3)19-11-14-8-6-7-9-15(14)12-20(4)5;/h6-9,13H,10-12H2,1-5H3,(H2,17,18,19);1H. The Balaban J connectivity index is 0.00000400. The van der Waals surface area contributed by atoms with E-state index in [2.05, 4.69) is 72.7 Å². The molecule has 0 bridgehead atoms. The van der Waals surface area contributed by atoms with Gasteiger partial charge in [-0.3, -0.25) is 4.99 Å². The van der Waals surface area contributed by atoms with Gasteiger partial charge in [0.25, 0.3) is 0 Å². The van der Waals surface area contributed by atoms with Crippen molar-refractivity contribution in [3.63, 3.8) is 0 Å². The van der Waals surface area contributed by atoms with E-state index in [4.69, 9.17) is 0 Å². The molecule has 1 aromatic carbocycles. The summed E-state index contributed by atoms with van der Waals surface area (Å²) in [4.78, 5) is 6.43. The summed E-state index contributed by atoms with van der Waals surface area (Å²) in [5.74, 6) is 1.47. The molecule has 0 fully saturated rings. The fraction of sp³-hybridized carbons (Fsp3) is 0.562. The fourth-order valence-electron chi connectivity index (χ4n) is 1.93. The lowest BCUT2D eigenvalue weighted by molar-refractivity contribution is 0.400. The molecule has 0 aliphatic heterocycles. The number of hydrogen-bond donors (Lipinski definition) is 2. The van der Waals surface area contributed by atoms with E-state index in [9.17, 15) is 0 Å². The molecule has 0 amide bonds. The van der Waals surface area contributed by atoms with Gasteiger partial charge in [-0.05, 0) is 31.1 Å². The van der Waals surface area contributed by atoms with Crippen molar-refractivity contribution in [1.82, 2.24) is 15.5 Å². The highest BCUT2D eigenvalue weighted by atomic mass is 127. The normalized spacial score (nSPS) is 11.5. The fourth-order valence-corrected chi connectivity index (χ4v) is 1.93. The highest BCUT2D eigenvalue weighted by Gasteiger charge is 2.04. The summed E-state index contributed by atoms with van der Waals surface area (Å²) in [6.07, 6.45) is 0. The summed E-state index contributed by atoms with van der Waals surface area (Å²) in [5.41, 5.74) is 2.66. The molecule has 0 spiro atoms. The van der Waals surface area contributed by atoms with Crippen LogP contribution in [-0.4, -0.2) is 38.5 Å². The predicted octanol–water partition coefficient (Wildman–Crippen LogP) is 2.69. The highest BCUT2D eigenvalue weighted by molar-refractivity contribution is 14.0. The van der Waals surface area contributed by atoms with Gasteiger partial charge in [-0.25, -0.2) is 0 Å². The van der Waals surface area contributed by atoms with Gasteiger partial charge in [0, 0.05) is 26.7 Å². The van der Waals surface area contributed by atoms with Gasteiger partial charge in [0.05, 0.1) is 0 Å². The maximum atomic E-state index is 4.25. The van der Waals surface area contributed by atoms with Crippen LogP contribution in [0, 0.1) is 5.92 Å². The van der Waals surface area contributed by atoms with Gasteiger partial charge >= 0.3 is 0 Å². The smallest absolute Gasteiger partial charge is 0.191 e. The summed E-state index contributed by atoms with van der Waals surface area (Å²) in [5, 5.41) is 6.70. The molecule has 0 radical (unpaired) electrons. The zero-order valence-corrected chi connectivity index (χ0v) is 16.1. The van der Waals surface area contributed by atoms with E-state index in [0.717, 1.165) is 25.6 Å². The van der Waals surface area contributed by atoms with Crippen LogP contribution in [0.5, 0.6) is 0 Å². The minimum Gasteiger partial charge on any atom is -0.356 e. The van der Waals surface area contributed by atoms with Gasteiger partial charge in [0.2, 0.25) is 0 Å². The Morgan fingerprint density at radius 3 is 2.29 bits per heavy atom. The molecule has 0 aliphatic carbocycles. The van der Waals surface area contributed by atoms with Crippen LogP contribution in [0.2, 0.25) is 0 Å². The van der Waals surface area contributed by atoms with Crippen LogP contribution in [0.3, 0.4) is 0 Å². The van der Waals surface area contributed by atoms with Gasteiger partial charge in [-0.2, -0.15) is 0 Å². The summed E-state index contributed by atoms with van der Waals surface area (Å²) >= 11 is 0. The van der Waals surface area contributed by atoms with Crippen molar-refractivity contribution in [1.29, 1.82) is 0 Å². The molecule has 0 saturated carbocycles. The molecule has 0 aliphatic rings. The van der Waals surface area contributed by atoms with Crippen LogP contribution in [0.4, 0.5) is 0 Å². The van der Waals surface area contributed by atoms with Crippen LogP contribution in [0.25, 0.3) is 0 Å². The Kier molecular flexibility index (Phi) is 10.4. The third-order valence-electron chi connectivity index (χ3n) is 2.95. The first-order valence-corrected chi connectivity index (χ1v) is 7.19. The number of nitrogens with zero attached hydrogens (tertiary/aromatic N) is 2. The number of rotatable bonds is 6. The van der Waals surface area contributed by atoms with Gasteiger partial charge in [-0.15, -0.1) is 24.0 Å². The molecule has 4 nitrogen and oxygen atoms in total. The average molecular weight is 404 g/mol. The molecule has 2 N–H and O–H groups in total. The number of nitrogens with one attached hydrogen (secondary N) is 2. The number of guanidine groups is 1. The largest absolute Gasteiger partial charge is 0.356 e. The Hall–Kier alpha value is -0.820. The molecule has 1 aromatic rings. The highest BCUT2D eigenvalue weighted by Crippen LogP contribution is 2.10. The maximum Gasteiger partial charge on any atom is 0.191 e. The Labute approximate surface area is 146 Å². The van der Waals surface area contributed by atoms with Crippen LogP contribution >= 0.6 is 24.0 Å². The summed E-state index contributed by atoms with van der Waals surface area (Å²) in [6, 6.07) is 8.53. The first-order valence-electron chi connectivity index (χ1n) is 7.19. The van der Waals surface area contributed by atoms with Crippen LogP contribution in [0.15, 0.2) is 29.3 Å². The van der Waals surface area contributed by atoms with Crippen molar-refractivity contribution in [3.8, 4) is 0 Å². The van der Waals surface area contributed by atoms with Gasteiger partial charge in [0.15, 0.2) is 5.96 Å². The lowest BCUT2D eigenvalue weighted by Crippen LogP contribution is -2.38. The summed E-state index contributed by atoms with van der Waals surface area (Å²) in [7, 11) is 5.99. The Bertz CT molecular complexity index is 430. The molecular weight excluding hydrogens is 375 g/mol. The van der Waals surface area contributed by atoms with Crippen LogP contribution in [0.1, 0.15) is 25.0 Å². The van der Waals surface area contributed by atoms with Crippen molar-refractivity contribution < 1.29 is 0 Å². The molecule has 5 heteroatoms. The lowest BCUT2D eigenvalue weighted by atomic mass is 10.1. The molecule has 0 heterocycles. The number of halogens is 1. The number of hydrogen-bond acceptors (Lipinski definition) is 2. The van der Waals surface area contributed by atoms with Crippen molar-refractivity contribution in [2.24, 2.45) is 10.9 Å². The van der Waals surface area contributed by atoms with Crippen molar-refractivity contribution in [2.45, 2.75) is 26.9 Å². The minimum atomic E-state index is 0. The summed E-state index contributed by atoms with van der Waals surface area (Å²) < 4.78 is 0. The first kappa shape index (κ1) is 20.2. The predicted molar refractivity (Wildman–Crippen MR) is 102 cm³/mol. The topological polar surface area (TPSA) is 39.7 Å². The minimum absolute atomic E-state index is 0. The van der Waals surface area contributed by atoms with Crippen molar-refractivity contribution >= 4 is 29.9 Å². The van der Waals surface area contributed by atoms with E-state index in [1.54, 1.807) is 7.05 Å². The quantitative estimate of drug-likeness (QED) is 0.435. The molecule has 120 valence electrons. The number of aliphatic imine (C=N–C) groups is 1. The maximum absolute atomic E-state index is 4.25. The number of benzene rings is 1. The zero-order chi connectivity index (χ0) is 15.0. The second-order valence-electron chi connectivity index (χ2n) is 5.71. The molecule has 1 rings (SSSR count). The molecule has 21 heavy (non-hydrogen) atoms. The Morgan fingerprint density at radius 2 is 1.76 bits per heavy atom. The monoisotopic (exact) mass is 404 g/mol. The van der Waals surface area contributed by atoms with Crippen LogP contribution in [-0.2, 0) is 13.1 Å². The summed E-state index contributed by atoms with van der Waals surface area (Å²) in [6.45, 7) is 7.05. The van der Waals surface area contributed by atoms with Gasteiger partial charge < -0.3 is 15.5 Å². The van der Waals surface area contributed by atoms with E-state index in [-0.39, 0.29) is 24.0 Å². The second-order valence-corrected chi connectivity index (χ2v) is 5.71. The van der Waals surface area contributed by atoms with Gasteiger partial charge in [-0.1, -0.05) is 38.1 Å². The van der Waals surface area contributed by atoms with E-state index >= 15 is 0 Å². The first-order chi connectivity index (χ1) is 9.52. The Morgan fingerprint density at radius 1 is 1.14 bits per heavy atom. The average Bonchev–Trinajstić information content (AvgIpc) is 2.39. The van der Waals surface area contributed by atoms with Crippen molar-refractivity contribution in [2.75, 3.05) is 27.7 Å². The SMILES string of the molecule is CN=C(NCc1ccccc1CN(C)C)NCC(C)C.I. The molecule has 0 unspecified atom stereocenters. The third-order valence-corrected chi connectivity index (χ3v) is 2.95. The van der Waals surface area contributed by atoms with Crippen molar-refractivity contribution in [3.05, 3.63) is 35.4 Å². The molecule has 0 saturated heterocycles. The zero-order valence-electron chi connectivity index (χ0n) is 13.8.